The van der Waals surface area contributed by atoms with Crippen molar-refractivity contribution in [2.45, 2.75) is 25.6 Å². The first-order valence-corrected chi connectivity index (χ1v) is 9.53. The van der Waals surface area contributed by atoms with Gasteiger partial charge in [0.05, 0.1) is 0 Å². The third-order valence-electron chi connectivity index (χ3n) is 3.81. The number of benzene rings is 2. The molecule has 0 spiro atoms. The van der Waals surface area contributed by atoms with E-state index in [2.05, 4.69) is 6.92 Å². The van der Waals surface area contributed by atoms with Crippen LogP contribution in [0.4, 0.5) is 0 Å². The van der Waals surface area contributed by atoms with E-state index >= 15 is 0 Å². The summed E-state index contributed by atoms with van der Waals surface area (Å²) in [6.45, 7) is 2.90. The second-order valence-electron chi connectivity index (χ2n) is 5.76. The lowest BCUT2D eigenvalue weighted by molar-refractivity contribution is -0.118. The van der Waals surface area contributed by atoms with Crippen molar-refractivity contribution in [3.05, 3.63) is 71.3 Å². The first-order chi connectivity index (χ1) is 12.1. The quantitative estimate of drug-likeness (QED) is 0.748. The summed E-state index contributed by atoms with van der Waals surface area (Å²) in [5.74, 6) is 1.52. The molecule has 2 N–H and O–H groups in total. The Bertz CT molecular complexity index is 687. The third-order valence-corrected chi connectivity index (χ3v) is 4.75. The normalized spacial score (nSPS) is 10.4. The minimum atomic E-state index is -0.405. The van der Waals surface area contributed by atoms with Crippen molar-refractivity contribution >= 4 is 23.6 Å². The Labute approximate surface area is 153 Å². The molecule has 0 aliphatic heterocycles. The topological polar surface area (TPSA) is 63.4 Å². The number of carbonyl (C=O) groups is 2. The number of amides is 2. The van der Waals surface area contributed by atoms with Crippen LogP contribution in [0.2, 0.25) is 0 Å². The summed E-state index contributed by atoms with van der Waals surface area (Å²) in [6.07, 6.45) is 0.157. The van der Waals surface area contributed by atoms with Gasteiger partial charge < -0.3 is 10.6 Å². The molecular formula is C20H24N2O2S. The molecule has 4 nitrogen and oxygen atoms in total. The van der Waals surface area contributed by atoms with Crippen LogP contribution in [0.1, 0.15) is 34.8 Å². The van der Waals surface area contributed by atoms with E-state index in [1.54, 1.807) is 4.90 Å². The van der Waals surface area contributed by atoms with E-state index in [1.165, 1.54) is 5.56 Å². The summed E-state index contributed by atoms with van der Waals surface area (Å²) >= 11 is 1.85. The summed E-state index contributed by atoms with van der Waals surface area (Å²) in [5, 5.41) is 0. The highest BCUT2D eigenvalue weighted by molar-refractivity contribution is 7.98. The van der Waals surface area contributed by atoms with Crippen LogP contribution in [0.25, 0.3) is 0 Å². The molecular weight excluding hydrogens is 332 g/mol. The molecule has 0 saturated heterocycles. The van der Waals surface area contributed by atoms with Gasteiger partial charge in [-0.15, -0.1) is 0 Å². The van der Waals surface area contributed by atoms with E-state index in [-0.39, 0.29) is 12.3 Å². The van der Waals surface area contributed by atoms with E-state index in [1.807, 2.05) is 66.4 Å². The molecule has 2 aromatic carbocycles. The molecule has 0 saturated carbocycles. The van der Waals surface area contributed by atoms with Gasteiger partial charge in [-0.25, -0.2) is 0 Å². The number of hydrogen-bond acceptors (Lipinski definition) is 3. The molecule has 0 aliphatic carbocycles. The maximum atomic E-state index is 12.9. The van der Waals surface area contributed by atoms with Crippen molar-refractivity contribution in [2.75, 3.05) is 12.3 Å². The zero-order valence-corrected chi connectivity index (χ0v) is 15.3. The van der Waals surface area contributed by atoms with E-state index in [0.29, 0.717) is 18.7 Å². The fraction of sp³-hybridized carbons (Fsp3) is 0.300. The standard InChI is InChI=1S/C20H24N2O2S/c1-2-25-15-17-8-10-18(11-9-17)20(24)22(13-12-19(21)23)14-16-6-4-3-5-7-16/h3-11H,2,12-15H2,1H3,(H2,21,23). The average Bonchev–Trinajstić information content (AvgIpc) is 2.64. The van der Waals surface area contributed by atoms with E-state index in [9.17, 15) is 9.59 Å². The van der Waals surface area contributed by atoms with Crippen LogP contribution >= 0.6 is 11.8 Å². The van der Waals surface area contributed by atoms with Crippen LogP contribution in [0.5, 0.6) is 0 Å². The zero-order valence-electron chi connectivity index (χ0n) is 14.5. The molecule has 25 heavy (non-hydrogen) atoms. The van der Waals surface area contributed by atoms with Gasteiger partial charge in [-0.05, 0) is 29.0 Å². The van der Waals surface area contributed by atoms with Gasteiger partial charge in [0.15, 0.2) is 0 Å². The van der Waals surface area contributed by atoms with Crippen molar-refractivity contribution in [1.82, 2.24) is 4.90 Å². The summed E-state index contributed by atoms with van der Waals surface area (Å²) in [6, 6.07) is 17.4. The number of rotatable bonds is 9. The van der Waals surface area contributed by atoms with Crippen LogP contribution in [0, 0.1) is 0 Å². The van der Waals surface area contributed by atoms with Gasteiger partial charge in [0.25, 0.3) is 5.91 Å². The van der Waals surface area contributed by atoms with Gasteiger partial charge in [-0.2, -0.15) is 11.8 Å². The Morgan fingerprint density at radius 3 is 2.28 bits per heavy atom. The number of nitrogens with zero attached hydrogens (tertiary/aromatic N) is 1. The lowest BCUT2D eigenvalue weighted by atomic mass is 10.1. The van der Waals surface area contributed by atoms with Crippen LogP contribution in [-0.2, 0) is 17.1 Å². The number of carbonyl (C=O) groups excluding carboxylic acids is 2. The Hall–Kier alpha value is -2.27. The predicted octanol–water partition coefficient (Wildman–Crippen LogP) is 3.46. The molecule has 2 amide bonds. The zero-order chi connectivity index (χ0) is 18.1. The SMILES string of the molecule is CCSCc1ccc(C(=O)N(CCC(N)=O)Cc2ccccc2)cc1. The van der Waals surface area contributed by atoms with Crippen molar-refractivity contribution in [2.24, 2.45) is 5.73 Å². The molecule has 0 bridgehead atoms. The Balaban J connectivity index is 2.11. The lowest BCUT2D eigenvalue weighted by Gasteiger charge is -2.22. The lowest BCUT2D eigenvalue weighted by Crippen LogP contribution is -2.33. The summed E-state index contributed by atoms with van der Waals surface area (Å²) in [4.78, 5) is 25.7. The summed E-state index contributed by atoms with van der Waals surface area (Å²) in [7, 11) is 0. The van der Waals surface area contributed by atoms with Gasteiger partial charge >= 0.3 is 0 Å². The maximum absolute atomic E-state index is 12.9. The van der Waals surface area contributed by atoms with Crippen molar-refractivity contribution < 1.29 is 9.59 Å². The first kappa shape index (κ1) is 19.1. The smallest absolute Gasteiger partial charge is 0.254 e. The highest BCUT2D eigenvalue weighted by Crippen LogP contribution is 2.15. The van der Waals surface area contributed by atoms with Gasteiger partial charge in [-0.1, -0.05) is 49.4 Å². The number of hydrogen-bond donors (Lipinski definition) is 1. The highest BCUT2D eigenvalue weighted by atomic mass is 32.2. The molecule has 2 aromatic rings. The fourth-order valence-electron chi connectivity index (χ4n) is 2.45. The van der Waals surface area contributed by atoms with Crippen molar-refractivity contribution in [3.63, 3.8) is 0 Å². The van der Waals surface area contributed by atoms with E-state index < -0.39 is 5.91 Å². The van der Waals surface area contributed by atoms with Gasteiger partial charge in [-0.3, -0.25) is 9.59 Å². The number of primary amides is 1. The molecule has 0 aliphatic rings. The predicted molar refractivity (Wildman–Crippen MR) is 103 cm³/mol. The Morgan fingerprint density at radius 1 is 1.00 bits per heavy atom. The maximum Gasteiger partial charge on any atom is 0.254 e. The minimum Gasteiger partial charge on any atom is -0.370 e. The van der Waals surface area contributed by atoms with Crippen LogP contribution < -0.4 is 5.73 Å². The third kappa shape index (κ3) is 6.27. The fourth-order valence-corrected chi connectivity index (χ4v) is 3.08. The molecule has 132 valence electrons. The van der Waals surface area contributed by atoms with E-state index in [4.69, 9.17) is 5.73 Å². The van der Waals surface area contributed by atoms with E-state index in [0.717, 1.165) is 17.1 Å². The molecule has 0 atom stereocenters. The van der Waals surface area contributed by atoms with Gasteiger partial charge in [0.2, 0.25) is 5.91 Å². The molecule has 5 heteroatoms. The number of nitrogens with two attached hydrogens (primary N) is 1. The first-order valence-electron chi connectivity index (χ1n) is 8.38. The molecule has 0 aromatic heterocycles. The number of thioether (sulfide) groups is 1. The second kappa shape index (κ2) is 9.89. The molecule has 0 heterocycles. The van der Waals surface area contributed by atoms with Crippen LogP contribution in [0.15, 0.2) is 54.6 Å². The molecule has 0 unspecified atom stereocenters. The highest BCUT2D eigenvalue weighted by Gasteiger charge is 2.17. The average molecular weight is 356 g/mol. The van der Waals surface area contributed by atoms with Crippen molar-refractivity contribution in [1.29, 1.82) is 0 Å². The molecule has 2 rings (SSSR count). The van der Waals surface area contributed by atoms with Crippen LogP contribution in [0.3, 0.4) is 0 Å². The molecule has 0 fully saturated rings. The summed E-state index contributed by atoms with van der Waals surface area (Å²) < 4.78 is 0. The van der Waals surface area contributed by atoms with Gasteiger partial charge in [0.1, 0.15) is 0 Å². The monoisotopic (exact) mass is 356 g/mol. The molecule has 0 radical (unpaired) electrons. The largest absolute Gasteiger partial charge is 0.370 e. The minimum absolute atomic E-state index is 0.0835. The van der Waals surface area contributed by atoms with Gasteiger partial charge in [0, 0.05) is 30.8 Å². The Morgan fingerprint density at radius 2 is 1.68 bits per heavy atom. The second-order valence-corrected chi connectivity index (χ2v) is 7.04. The van der Waals surface area contributed by atoms with Crippen molar-refractivity contribution in [3.8, 4) is 0 Å². The Kier molecular flexibility index (Phi) is 7.54. The summed E-state index contributed by atoms with van der Waals surface area (Å²) in [5.41, 5.74) is 8.12. The van der Waals surface area contributed by atoms with Crippen LogP contribution in [-0.4, -0.2) is 29.0 Å².